The number of rotatable bonds is 7. The molecule has 1 N–H and O–H groups in total. The van der Waals surface area contributed by atoms with Crippen molar-refractivity contribution in [2.45, 2.75) is 46.5 Å². The fourth-order valence-electron chi connectivity index (χ4n) is 8.53. The lowest BCUT2D eigenvalue weighted by Crippen LogP contribution is -2.03. The number of fused-ring (bicyclic) bond motifs is 8. The topological polar surface area (TPSA) is 17.0 Å². The molecule has 7 aromatic carbocycles. The van der Waals surface area contributed by atoms with E-state index in [2.05, 4.69) is 174 Å². The fourth-order valence-corrected chi connectivity index (χ4v) is 8.53. The van der Waals surface area contributed by atoms with E-state index in [-0.39, 0.29) is 0 Å². The minimum absolute atomic E-state index is 1.000. The van der Waals surface area contributed by atoms with Crippen LogP contribution in [-0.2, 0) is 6.42 Å². The van der Waals surface area contributed by atoms with Crippen LogP contribution < -0.4 is 5.32 Å². The molecule has 10 rings (SSSR count). The molecule has 2 aliphatic rings. The van der Waals surface area contributed by atoms with Gasteiger partial charge in [0.25, 0.3) is 0 Å². The third-order valence-electron chi connectivity index (χ3n) is 11.3. The molecule has 0 unspecified atom stereocenters. The summed E-state index contributed by atoms with van der Waals surface area (Å²) in [5, 5.41) is 11.7. The minimum atomic E-state index is 1.000. The van der Waals surface area contributed by atoms with E-state index in [1.807, 2.05) is 57.2 Å². The van der Waals surface area contributed by atoms with Gasteiger partial charge in [-0.3, -0.25) is 0 Å². The van der Waals surface area contributed by atoms with Crippen LogP contribution >= 0.6 is 0 Å². The highest BCUT2D eigenvalue weighted by molar-refractivity contribution is 6.22. The Hall–Kier alpha value is -6.90. The zero-order valence-electron chi connectivity index (χ0n) is 34.5. The van der Waals surface area contributed by atoms with Gasteiger partial charge in [0.05, 0.1) is 11.0 Å². The van der Waals surface area contributed by atoms with Crippen molar-refractivity contribution in [2.75, 3.05) is 5.32 Å². The van der Waals surface area contributed by atoms with Gasteiger partial charge in [0.2, 0.25) is 0 Å². The second-order valence-corrected chi connectivity index (χ2v) is 14.8. The highest BCUT2D eigenvalue weighted by Gasteiger charge is 2.20. The second-order valence-electron chi connectivity index (χ2n) is 14.8. The molecular formula is C57H52N2. The number of aryl methyl sites for hydroxylation is 1. The van der Waals surface area contributed by atoms with E-state index in [1.54, 1.807) is 0 Å². The van der Waals surface area contributed by atoms with Crippen LogP contribution in [0.1, 0.15) is 62.3 Å². The molecule has 0 atom stereocenters. The van der Waals surface area contributed by atoms with Gasteiger partial charge < -0.3 is 9.88 Å². The van der Waals surface area contributed by atoms with Gasteiger partial charge in [0.1, 0.15) is 0 Å². The number of hydrogen-bond donors (Lipinski definition) is 1. The summed E-state index contributed by atoms with van der Waals surface area (Å²) in [6, 6.07) is 52.6. The van der Waals surface area contributed by atoms with Crippen molar-refractivity contribution in [3.8, 4) is 5.69 Å². The van der Waals surface area contributed by atoms with Crippen molar-refractivity contribution < 1.29 is 0 Å². The summed E-state index contributed by atoms with van der Waals surface area (Å²) in [7, 11) is 0. The molecule has 0 saturated carbocycles. The number of benzene rings is 7. The lowest BCUT2D eigenvalue weighted by molar-refractivity contribution is 0.982. The van der Waals surface area contributed by atoms with Crippen LogP contribution in [0, 0.1) is 0 Å². The Bertz CT molecular complexity index is 2930. The quantitative estimate of drug-likeness (QED) is 0.160. The molecule has 1 aromatic heterocycles. The van der Waals surface area contributed by atoms with Crippen LogP contribution in [-0.4, -0.2) is 4.57 Å². The Morgan fingerprint density at radius 2 is 1.37 bits per heavy atom. The van der Waals surface area contributed by atoms with Crippen molar-refractivity contribution in [2.24, 2.45) is 0 Å². The molecule has 0 radical (unpaired) electrons. The largest absolute Gasteiger partial charge is 0.359 e. The SMILES string of the molecule is C1=Cc2ccc3c(c2CC1)c1c2ccccc2ccc1n3-c1ccc(NC2=CC=C(c3ccc4ccccc4c3)CC2)cc1.C=C/C=C(\C=C/C)c1ccccc1.CC. The molecule has 0 spiro atoms. The number of allylic oxidation sites excluding steroid dienone is 10. The Morgan fingerprint density at radius 3 is 2.14 bits per heavy atom. The van der Waals surface area contributed by atoms with E-state index in [4.69, 9.17) is 0 Å². The van der Waals surface area contributed by atoms with E-state index in [9.17, 15) is 0 Å². The molecule has 0 aliphatic heterocycles. The van der Waals surface area contributed by atoms with Crippen molar-refractivity contribution in [1.29, 1.82) is 0 Å². The van der Waals surface area contributed by atoms with Crippen molar-refractivity contribution >= 4 is 66.3 Å². The molecule has 0 bridgehead atoms. The maximum Gasteiger partial charge on any atom is 0.0547 e. The molecule has 0 saturated heterocycles. The molecule has 2 heteroatoms. The summed E-state index contributed by atoms with van der Waals surface area (Å²) in [5.74, 6) is 0. The van der Waals surface area contributed by atoms with Crippen molar-refractivity contribution in [3.05, 3.63) is 223 Å². The van der Waals surface area contributed by atoms with Gasteiger partial charge >= 0.3 is 0 Å². The summed E-state index contributed by atoms with van der Waals surface area (Å²) < 4.78 is 2.46. The highest BCUT2D eigenvalue weighted by atomic mass is 15.0. The lowest BCUT2D eigenvalue weighted by atomic mass is 9.92. The van der Waals surface area contributed by atoms with Gasteiger partial charge in [-0.05, 0) is 136 Å². The maximum absolute atomic E-state index is 3.70. The fraction of sp³-hybridized carbons (Fsp3) is 0.123. The molecule has 8 aromatic rings. The van der Waals surface area contributed by atoms with Crippen LogP contribution in [0.15, 0.2) is 200 Å². The summed E-state index contributed by atoms with van der Waals surface area (Å²) in [5.41, 5.74) is 14.1. The van der Waals surface area contributed by atoms with Crippen molar-refractivity contribution in [3.63, 3.8) is 0 Å². The first-order chi connectivity index (χ1) is 29.2. The molecule has 2 nitrogen and oxygen atoms in total. The van der Waals surface area contributed by atoms with Crippen molar-refractivity contribution in [1.82, 2.24) is 4.57 Å². The molecule has 59 heavy (non-hydrogen) atoms. The average Bonchev–Trinajstić information content (AvgIpc) is 3.66. The zero-order valence-corrected chi connectivity index (χ0v) is 34.5. The van der Waals surface area contributed by atoms with Gasteiger partial charge in [-0.1, -0.05) is 166 Å². The van der Waals surface area contributed by atoms with Gasteiger partial charge in [-0.2, -0.15) is 0 Å². The summed E-state index contributed by atoms with van der Waals surface area (Å²) in [4.78, 5) is 0. The van der Waals surface area contributed by atoms with E-state index >= 15 is 0 Å². The first-order valence-electron chi connectivity index (χ1n) is 21.1. The standard InChI is InChI=1S/C42H32N2.C13H14.C2H6/c1-2-10-32-27-33(14-13-28(32)7-1)29-15-19-34(20-16-29)43-35-21-23-36(24-22-35)44-39-25-17-30-8-3-5-11-37(30)41(39)42-38-12-6-4-9-31(38)18-26-40(42)44;1-3-8-12(9-4-2)13-10-6-5-7-11-13;1-2/h1-5,7-11,13-15,17-19,21-27,43H,6,12,16,20H2;3-11H,1H2,2H3;1-2H3/b;9-4-,12-8+;. The highest BCUT2D eigenvalue weighted by Crippen LogP contribution is 2.41. The van der Waals surface area contributed by atoms with Crippen LogP contribution in [0.25, 0.3) is 66.3 Å². The summed E-state index contributed by atoms with van der Waals surface area (Å²) >= 11 is 0. The van der Waals surface area contributed by atoms with Gasteiger partial charge in [0, 0.05) is 27.8 Å². The van der Waals surface area contributed by atoms with E-state index in [1.165, 1.54) is 88.1 Å². The van der Waals surface area contributed by atoms with Crippen LogP contribution in [0.3, 0.4) is 0 Å². The van der Waals surface area contributed by atoms with E-state index in [0.29, 0.717) is 0 Å². The third kappa shape index (κ3) is 8.13. The van der Waals surface area contributed by atoms with E-state index in [0.717, 1.165) is 31.4 Å². The third-order valence-corrected chi connectivity index (χ3v) is 11.3. The van der Waals surface area contributed by atoms with Gasteiger partial charge in [-0.15, -0.1) is 0 Å². The zero-order chi connectivity index (χ0) is 40.6. The average molecular weight is 765 g/mol. The number of anilines is 1. The Labute approximate surface area is 349 Å². The molecule has 1 heterocycles. The number of hydrogen-bond acceptors (Lipinski definition) is 1. The maximum atomic E-state index is 3.70. The number of nitrogens with zero attached hydrogens (tertiary/aromatic N) is 1. The minimum Gasteiger partial charge on any atom is -0.359 e. The molecule has 290 valence electrons. The molecule has 0 fully saturated rings. The van der Waals surface area contributed by atoms with E-state index < -0.39 is 0 Å². The predicted molar refractivity (Wildman–Crippen MR) is 259 cm³/mol. The first-order valence-corrected chi connectivity index (χ1v) is 21.1. The Kier molecular flexibility index (Phi) is 12.0. The van der Waals surface area contributed by atoms with Gasteiger partial charge in [-0.25, -0.2) is 0 Å². The Morgan fingerprint density at radius 1 is 0.661 bits per heavy atom. The number of nitrogens with one attached hydrogen (secondary N) is 1. The molecule has 2 aliphatic carbocycles. The lowest BCUT2D eigenvalue weighted by Gasteiger charge is -2.18. The molecule has 0 amide bonds. The summed E-state index contributed by atoms with van der Waals surface area (Å²) in [6.45, 7) is 9.71. The van der Waals surface area contributed by atoms with Gasteiger partial charge in [0.15, 0.2) is 0 Å². The summed E-state index contributed by atoms with van der Waals surface area (Å²) in [6.07, 6.45) is 21.3. The van der Waals surface area contributed by atoms with Crippen LogP contribution in [0.2, 0.25) is 0 Å². The Balaban J connectivity index is 0.000000276. The first kappa shape index (κ1) is 38.9. The number of aromatic nitrogens is 1. The predicted octanol–water partition coefficient (Wildman–Crippen LogP) is 16.1. The second kappa shape index (κ2) is 18.1. The molecular weight excluding hydrogens is 713 g/mol. The smallest absolute Gasteiger partial charge is 0.0547 e. The normalized spacial score (nSPS) is 13.6. The van der Waals surface area contributed by atoms with Crippen LogP contribution in [0.5, 0.6) is 0 Å². The van der Waals surface area contributed by atoms with Crippen LogP contribution in [0.4, 0.5) is 5.69 Å². The monoisotopic (exact) mass is 764 g/mol.